The van der Waals surface area contributed by atoms with Gasteiger partial charge in [0.2, 0.25) is 5.82 Å². The minimum absolute atomic E-state index is 0.00826. The van der Waals surface area contributed by atoms with Gasteiger partial charge in [-0.3, -0.25) is 0 Å². The molecule has 2 aromatic rings. The third-order valence-corrected chi connectivity index (χ3v) is 3.85. The SMILES string of the molecule is NCC1CN(c2nc3sccn3c2[N+](=O)[O-])CCO1. The van der Waals surface area contributed by atoms with Crippen molar-refractivity contribution in [3.63, 3.8) is 0 Å². The van der Waals surface area contributed by atoms with Crippen LogP contribution in [-0.4, -0.2) is 46.7 Å². The molecule has 0 amide bonds. The van der Waals surface area contributed by atoms with Crippen LogP contribution >= 0.6 is 11.3 Å². The Hall–Kier alpha value is -1.71. The fourth-order valence-electron chi connectivity index (χ4n) is 2.20. The monoisotopic (exact) mass is 283 g/mol. The molecule has 9 heteroatoms. The Kier molecular flexibility index (Phi) is 3.09. The summed E-state index contributed by atoms with van der Waals surface area (Å²) in [6, 6.07) is 0. The normalized spacial score (nSPS) is 20.1. The molecule has 8 nitrogen and oxygen atoms in total. The van der Waals surface area contributed by atoms with Gasteiger partial charge in [0.05, 0.1) is 12.7 Å². The number of anilines is 1. The summed E-state index contributed by atoms with van der Waals surface area (Å²) in [5.74, 6) is 0.410. The fraction of sp³-hybridized carbons (Fsp3) is 0.500. The van der Waals surface area contributed by atoms with Crippen LogP contribution in [-0.2, 0) is 4.74 Å². The molecule has 0 bridgehead atoms. The Morgan fingerprint density at radius 3 is 3.26 bits per heavy atom. The molecule has 0 saturated carbocycles. The van der Waals surface area contributed by atoms with Gasteiger partial charge >= 0.3 is 5.82 Å². The highest BCUT2D eigenvalue weighted by molar-refractivity contribution is 7.15. The topological polar surface area (TPSA) is 98.9 Å². The molecule has 1 aliphatic heterocycles. The lowest BCUT2D eigenvalue weighted by atomic mass is 10.2. The Morgan fingerprint density at radius 1 is 1.68 bits per heavy atom. The minimum atomic E-state index is -0.394. The van der Waals surface area contributed by atoms with E-state index in [2.05, 4.69) is 4.98 Å². The lowest BCUT2D eigenvalue weighted by Gasteiger charge is -2.31. The van der Waals surface area contributed by atoms with Crippen LogP contribution < -0.4 is 10.6 Å². The van der Waals surface area contributed by atoms with E-state index in [4.69, 9.17) is 10.5 Å². The summed E-state index contributed by atoms with van der Waals surface area (Å²) in [5, 5.41) is 13.0. The first-order valence-electron chi connectivity index (χ1n) is 5.87. The van der Waals surface area contributed by atoms with Gasteiger partial charge in [0.15, 0.2) is 0 Å². The van der Waals surface area contributed by atoms with Crippen molar-refractivity contribution in [2.75, 3.05) is 31.1 Å². The van der Waals surface area contributed by atoms with Gasteiger partial charge in [0, 0.05) is 25.0 Å². The zero-order valence-corrected chi connectivity index (χ0v) is 10.9. The molecule has 1 saturated heterocycles. The third-order valence-electron chi connectivity index (χ3n) is 3.09. The number of thiazole rings is 1. The van der Waals surface area contributed by atoms with Crippen LogP contribution in [0.2, 0.25) is 0 Å². The quantitative estimate of drug-likeness (QED) is 0.649. The van der Waals surface area contributed by atoms with Gasteiger partial charge in [-0.15, -0.1) is 0 Å². The van der Waals surface area contributed by atoms with Crippen molar-refractivity contribution < 1.29 is 9.66 Å². The number of nitro groups is 1. The van der Waals surface area contributed by atoms with Crippen LogP contribution in [0.5, 0.6) is 0 Å². The number of nitrogens with zero attached hydrogens (tertiary/aromatic N) is 4. The number of fused-ring (bicyclic) bond motifs is 1. The van der Waals surface area contributed by atoms with Gasteiger partial charge in [0.1, 0.15) is 6.20 Å². The van der Waals surface area contributed by atoms with E-state index in [1.165, 1.54) is 15.7 Å². The fourth-order valence-corrected chi connectivity index (χ4v) is 2.90. The number of ether oxygens (including phenoxy) is 1. The van der Waals surface area contributed by atoms with Gasteiger partial charge in [-0.2, -0.15) is 9.38 Å². The maximum absolute atomic E-state index is 11.3. The summed E-state index contributed by atoms with van der Waals surface area (Å²) in [6.45, 7) is 2.01. The number of nitrogens with two attached hydrogens (primary N) is 1. The largest absolute Gasteiger partial charge is 0.373 e. The summed E-state index contributed by atoms with van der Waals surface area (Å²) >= 11 is 1.38. The first-order valence-corrected chi connectivity index (χ1v) is 6.75. The first kappa shape index (κ1) is 12.3. The van der Waals surface area contributed by atoms with E-state index in [0.717, 1.165) is 0 Å². The zero-order valence-electron chi connectivity index (χ0n) is 10.1. The van der Waals surface area contributed by atoms with E-state index in [-0.39, 0.29) is 11.9 Å². The van der Waals surface area contributed by atoms with Crippen LogP contribution in [0.3, 0.4) is 0 Å². The molecule has 102 valence electrons. The highest BCUT2D eigenvalue weighted by atomic mass is 32.1. The predicted octanol–water partition coefficient (Wildman–Crippen LogP) is 0.468. The van der Waals surface area contributed by atoms with E-state index in [1.54, 1.807) is 11.6 Å². The van der Waals surface area contributed by atoms with Crippen LogP contribution in [0.1, 0.15) is 0 Å². The van der Waals surface area contributed by atoms with Crippen LogP contribution in [0, 0.1) is 10.1 Å². The molecule has 2 N–H and O–H groups in total. The standard InChI is InChI=1S/C10H13N5O3S/c11-5-7-6-13(1-3-18-7)8-9(15(16)17)14-2-4-19-10(14)12-8/h2,4,7H,1,3,5-6,11H2. The second-order valence-electron chi connectivity index (χ2n) is 4.25. The lowest BCUT2D eigenvalue weighted by Crippen LogP contribution is -2.46. The number of imidazole rings is 1. The second-order valence-corrected chi connectivity index (χ2v) is 5.12. The molecular formula is C10H13N5O3S. The molecule has 19 heavy (non-hydrogen) atoms. The molecule has 1 atom stereocenters. The Morgan fingerprint density at radius 2 is 2.53 bits per heavy atom. The van der Waals surface area contributed by atoms with Gasteiger partial charge in [-0.05, 0) is 4.92 Å². The molecule has 3 rings (SSSR count). The van der Waals surface area contributed by atoms with Gasteiger partial charge < -0.3 is 25.5 Å². The number of aromatic nitrogens is 2. The highest BCUT2D eigenvalue weighted by Gasteiger charge is 2.31. The number of rotatable bonds is 3. The van der Waals surface area contributed by atoms with E-state index in [9.17, 15) is 10.1 Å². The van der Waals surface area contributed by atoms with Gasteiger partial charge in [-0.25, -0.2) is 0 Å². The van der Waals surface area contributed by atoms with Crippen LogP contribution in [0.4, 0.5) is 11.6 Å². The summed E-state index contributed by atoms with van der Waals surface area (Å²) in [7, 11) is 0. The average Bonchev–Trinajstić information content (AvgIpc) is 2.98. The molecule has 1 unspecified atom stereocenters. The predicted molar refractivity (Wildman–Crippen MR) is 70.7 cm³/mol. The molecule has 1 aliphatic rings. The number of hydrogen-bond acceptors (Lipinski definition) is 7. The maximum Gasteiger partial charge on any atom is 0.373 e. The maximum atomic E-state index is 11.3. The van der Waals surface area contributed by atoms with Gasteiger partial charge in [0.25, 0.3) is 4.96 Å². The zero-order chi connectivity index (χ0) is 13.4. The Labute approximate surface area is 112 Å². The number of morpholine rings is 1. The highest BCUT2D eigenvalue weighted by Crippen LogP contribution is 2.31. The molecule has 0 radical (unpaired) electrons. The van der Waals surface area contributed by atoms with Crippen molar-refractivity contribution in [1.29, 1.82) is 0 Å². The van der Waals surface area contributed by atoms with Crippen molar-refractivity contribution in [3.05, 3.63) is 21.7 Å². The van der Waals surface area contributed by atoms with E-state index < -0.39 is 4.92 Å². The summed E-state index contributed by atoms with van der Waals surface area (Å²) in [4.78, 5) is 17.7. The van der Waals surface area contributed by atoms with Crippen molar-refractivity contribution in [1.82, 2.24) is 9.38 Å². The number of hydrogen-bond donors (Lipinski definition) is 1. The molecule has 2 aromatic heterocycles. The van der Waals surface area contributed by atoms with Crippen LogP contribution in [0.25, 0.3) is 4.96 Å². The summed E-state index contributed by atoms with van der Waals surface area (Å²) in [6.07, 6.45) is 1.56. The van der Waals surface area contributed by atoms with E-state index >= 15 is 0 Å². The van der Waals surface area contributed by atoms with E-state index in [0.29, 0.717) is 37.0 Å². The molecule has 1 fully saturated rings. The molecule has 0 spiro atoms. The smallest absolute Gasteiger partial charge is 0.373 e. The molecule has 3 heterocycles. The average molecular weight is 283 g/mol. The Balaban J connectivity index is 2.01. The summed E-state index contributed by atoms with van der Waals surface area (Å²) < 4.78 is 6.97. The second kappa shape index (κ2) is 4.76. The van der Waals surface area contributed by atoms with E-state index in [1.807, 2.05) is 4.90 Å². The van der Waals surface area contributed by atoms with Crippen molar-refractivity contribution in [3.8, 4) is 0 Å². The van der Waals surface area contributed by atoms with Crippen molar-refractivity contribution in [2.24, 2.45) is 5.73 Å². The first-order chi connectivity index (χ1) is 9.20. The summed E-state index contributed by atoms with van der Waals surface area (Å²) in [5.41, 5.74) is 5.59. The molecule has 0 aliphatic carbocycles. The van der Waals surface area contributed by atoms with Crippen molar-refractivity contribution in [2.45, 2.75) is 6.10 Å². The van der Waals surface area contributed by atoms with Crippen LogP contribution in [0.15, 0.2) is 11.6 Å². The van der Waals surface area contributed by atoms with Gasteiger partial charge in [-0.1, -0.05) is 11.3 Å². The third kappa shape index (κ3) is 2.05. The lowest BCUT2D eigenvalue weighted by molar-refractivity contribution is -0.389. The minimum Gasteiger partial charge on any atom is -0.373 e. The molecule has 0 aromatic carbocycles. The van der Waals surface area contributed by atoms with Crippen molar-refractivity contribution >= 4 is 27.9 Å². The molecular weight excluding hydrogens is 270 g/mol. The Bertz CT molecular complexity index is 609.